The Morgan fingerprint density at radius 1 is 1.00 bits per heavy atom. The van der Waals surface area contributed by atoms with Crippen LogP contribution >= 0.6 is 11.6 Å². The summed E-state index contributed by atoms with van der Waals surface area (Å²) in [5.74, 6) is 0.637. The number of ketones is 1. The number of carbonyl (C=O) groups excluding carboxylic acids is 1. The molecule has 2 heterocycles. The quantitative estimate of drug-likeness (QED) is 0.292. The molecule has 1 aliphatic heterocycles. The van der Waals surface area contributed by atoms with E-state index in [0.717, 1.165) is 23.2 Å². The molecule has 1 aliphatic rings. The highest BCUT2D eigenvalue weighted by molar-refractivity contribution is 6.30. The van der Waals surface area contributed by atoms with Crippen molar-refractivity contribution in [2.24, 2.45) is 5.92 Å². The van der Waals surface area contributed by atoms with Crippen molar-refractivity contribution < 1.29 is 4.79 Å². The average molecular weight is 465 g/mol. The molecule has 0 N–H and O–H groups in total. The van der Waals surface area contributed by atoms with Crippen molar-refractivity contribution in [1.82, 2.24) is 9.47 Å². The monoisotopic (exact) mass is 464 g/mol. The van der Waals surface area contributed by atoms with Crippen LogP contribution in [0.1, 0.15) is 57.9 Å². The van der Waals surface area contributed by atoms with E-state index >= 15 is 0 Å². The van der Waals surface area contributed by atoms with E-state index in [0.29, 0.717) is 23.9 Å². The molecule has 0 bridgehead atoms. The van der Waals surface area contributed by atoms with Gasteiger partial charge in [-0.15, -0.1) is 0 Å². The van der Waals surface area contributed by atoms with Gasteiger partial charge >= 0.3 is 0 Å². The van der Waals surface area contributed by atoms with Crippen molar-refractivity contribution in [1.29, 1.82) is 0 Å². The van der Waals surface area contributed by atoms with Crippen LogP contribution in [0.4, 0.5) is 0 Å². The highest BCUT2D eigenvalue weighted by Crippen LogP contribution is 2.31. The molecule has 2 aromatic carbocycles. The Hall–Kier alpha value is -2.10. The summed E-state index contributed by atoms with van der Waals surface area (Å²) in [5.41, 5.74) is 4.62. The number of aromatic nitrogens is 1. The number of hydrogen-bond donors (Lipinski definition) is 0. The van der Waals surface area contributed by atoms with Gasteiger partial charge in [0.1, 0.15) is 0 Å². The minimum Gasteiger partial charge on any atom is -0.333 e. The number of rotatable bonds is 10. The minimum atomic E-state index is 0.271. The molecule has 1 aromatic heterocycles. The van der Waals surface area contributed by atoms with Gasteiger partial charge in [-0.2, -0.15) is 0 Å². The van der Waals surface area contributed by atoms with E-state index < -0.39 is 0 Å². The third-order valence-electron chi connectivity index (χ3n) is 6.70. The number of aryl methyl sites for hydroxylation is 1. The summed E-state index contributed by atoms with van der Waals surface area (Å²) in [4.78, 5) is 15.4. The molecule has 0 radical (unpaired) electrons. The number of nitrogens with zero attached hydrogens (tertiary/aromatic N) is 2. The van der Waals surface area contributed by atoms with E-state index in [-0.39, 0.29) is 5.78 Å². The molecule has 3 nitrogen and oxygen atoms in total. The zero-order chi connectivity index (χ0) is 23.2. The Labute approximate surface area is 203 Å². The smallest absolute Gasteiger partial charge is 0.152 e. The summed E-state index contributed by atoms with van der Waals surface area (Å²) in [5, 5.41) is 1.92. The maximum atomic E-state index is 12.7. The van der Waals surface area contributed by atoms with Crippen LogP contribution in [0.15, 0.2) is 48.5 Å². The van der Waals surface area contributed by atoms with Crippen molar-refractivity contribution in [3.05, 3.63) is 59.1 Å². The molecule has 0 amide bonds. The van der Waals surface area contributed by atoms with Crippen molar-refractivity contribution in [2.75, 3.05) is 19.6 Å². The fourth-order valence-electron chi connectivity index (χ4n) is 5.08. The third kappa shape index (κ3) is 6.49. The summed E-state index contributed by atoms with van der Waals surface area (Å²) >= 11 is 6.29. The highest BCUT2D eigenvalue weighted by atomic mass is 35.5. The van der Waals surface area contributed by atoms with Gasteiger partial charge in [0, 0.05) is 28.0 Å². The first-order chi connectivity index (χ1) is 16.0. The SMILES string of the molecule is CC(C)CC(=O)Cn1c(-c2cccc(Cl)c2)cc2cc(CCCCN3CCCCC3)ccc21. The van der Waals surface area contributed by atoms with Gasteiger partial charge in [0.05, 0.1) is 6.54 Å². The topological polar surface area (TPSA) is 25.2 Å². The molecule has 3 aromatic rings. The third-order valence-corrected chi connectivity index (χ3v) is 6.93. The zero-order valence-electron chi connectivity index (χ0n) is 20.2. The van der Waals surface area contributed by atoms with E-state index in [1.54, 1.807) is 0 Å². The lowest BCUT2D eigenvalue weighted by atomic mass is 10.0. The van der Waals surface area contributed by atoms with Gasteiger partial charge < -0.3 is 9.47 Å². The largest absolute Gasteiger partial charge is 0.333 e. The van der Waals surface area contributed by atoms with E-state index in [1.165, 1.54) is 62.7 Å². The maximum absolute atomic E-state index is 12.7. The number of benzene rings is 2. The molecule has 4 heteroatoms. The molecule has 4 rings (SSSR count). The molecule has 0 aliphatic carbocycles. The predicted octanol–water partition coefficient (Wildman–Crippen LogP) is 7.39. The van der Waals surface area contributed by atoms with Gasteiger partial charge in [-0.25, -0.2) is 0 Å². The lowest BCUT2D eigenvalue weighted by Crippen LogP contribution is -2.30. The van der Waals surface area contributed by atoms with E-state index in [4.69, 9.17) is 11.6 Å². The molecule has 176 valence electrons. The lowest BCUT2D eigenvalue weighted by Gasteiger charge is -2.26. The van der Waals surface area contributed by atoms with Crippen molar-refractivity contribution in [2.45, 2.75) is 65.3 Å². The number of halogens is 1. The van der Waals surface area contributed by atoms with Gasteiger partial charge in [-0.05, 0) is 99.1 Å². The minimum absolute atomic E-state index is 0.271. The Morgan fingerprint density at radius 3 is 2.58 bits per heavy atom. The normalized spacial score (nSPS) is 14.9. The van der Waals surface area contributed by atoms with Gasteiger partial charge in [0.25, 0.3) is 0 Å². The maximum Gasteiger partial charge on any atom is 0.152 e. The van der Waals surface area contributed by atoms with Crippen LogP contribution < -0.4 is 0 Å². The first-order valence-corrected chi connectivity index (χ1v) is 13.0. The summed E-state index contributed by atoms with van der Waals surface area (Å²) in [6, 6.07) is 16.9. The summed E-state index contributed by atoms with van der Waals surface area (Å²) in [6.45, 7) is 8.39. The van der Waals surface area contributed by atoms with Crippen LogP contribution in [-0.4, -0.2) is 34.9 Å². The Balaban J connectivity index is 1.52. The second-order valence-electron chi connectivity index (χ2n) is 10.0. The molecule has 1 fully saturated rings. The van der Waals surface area contributed by atoms with Gasteiger partial charge in [0.2, 0.25) is 0 Å². The van der Waals surface area contributed by atoms with E-state index in [9.17, 15) is 4.79 Å². The molecule has 0 spiro atoms. The first-order valence-electron chi connectivity index (χ1n) is 12.6. The Bertz CT molecular complexity index is 1080. The molecular weight excluding hydrogens is 428 g/mol. The summed E-state index contributed by atoms with van der Waals surface area (Å²) in [7, 11) is 0. The average Bonchev–Trinajstić information content (AvgIpc) is 3.14. The van der Waals surface area contributed by atoms with E-state index in [2.05, 4.69) is 53.6 Å². The number of piperidine rings is 1. The molecular formula is C29H37ClN2O. The fourth-order valence-corrected chi connectivity index (χ4v) is 5.27. The fraction of sp³-hybridized carbons (Fsp3) is 0.483. The molecule has 0 unspecified atom stereocenters. The highest BCUT2D eigenvalue weighted by Gasteiger charge is 2.15. The van der Waals surface area contributed by atoms with Crippen molar-refractivity contribution >= 4 is 28.3 Å². The van der Waals surface area contributed by atoms with Gasteiger partial charge in [0.15, 0.2) is 5.78 Å². The second-order valence-corrected chi connectivity index (χ2v) is 10.5. The standard InChI is InChI=1S/C29H37ClN2O/c1-22(2)17-27(33)21-32-28-13-12-23(9-4-7-16-31-14-5-3-6-15-31)18-25(28)20-29(32)24-10-8-11-26(30)19-24/h8,10-13,18-20,22H,3-7,9,14-17,21H2,1-2H3. The van der Waals surface area contributed by atoms with Crippen LogP contribution in [0.3, 0.4) is 0 Å². The summed E-state index contributed by atoms with van der Waals surface area (Å²) in [6.07, 6.45) is 8.31. The molecule has 33 heavy (non-hydrogen) atoms. The summed E-state index contributed by atoms with van der Waals surface area (Å²) < 4.78 is 2.17. The van der Waals surface area contributed by atoms with Crippen molar-refractivity contribution in [3.8, 4) is 11.3 Å². The Kier molecular flexibility index (Phi) is 8.27. The Morgan fingerprint density at radius 2 is 1.82 bits per heavy atom. The van der Waals surface area contributed by atoms with Crippen LogP contribution in [0.25, 0.3) is 22.2 Å². The molecule has 1 saturated heterocycles. The predicted molar refractivity (Wildman–Crippen MR) is 140 cm³/mol. The number of carbonyl (C=O) groups is 1. The zero-order valence-corrected chi connectivity index (χ0v) is 20.9. The van der Waals surface area contributed by atoms with E-state index in [1.807, 2.05) is 18.2 Å². The second kappa shape index (κ2) is 11.4. The first kappa shape index (κ1) is 24.0. The number of likely N-dealkylation sites (tertiary alicyclic amines) is 1. The van der Waals surface area contributed by atoms with Gasteiger partial charge in [-0.1, -0.05) is 50.1 Å². The van der Waals surface area contributed by atoms with Gasteiger partial charge in [-0.3, -0.25) is 4.79 Å². The van der Waals surface area contributed by atoms with Crippen LogP contribution in [0, 0.1) is 5.92 Å². The molecule has 0 atom stereocenters. The van der Waals surface area contributed by atoms with Crippen molar-refractivity contribution in [3.63, 3.8) is 0 Å². The molecule has 0 saturated carbocycles. The number of Topliss-reactive ketones (excluding diaryl/α,β-unsaturated/α-hetero) is 1. The number of hydrogen-bond acceptors (Lipinski definition) is 2. The van der Waals surface area contributed by atoms with Crippen LogP contribution in [0.5, 0.6) is 0 Å². The number of unbranched alkanes of at least 4 members (excludes halogenated alkanes) is 1. The van der Waals surface area contributed by atoms with Crippen LogP contribution in [-0.2, 0) is 17.8 Å². The number of fused-ring (bicyclic) bond motifs is 1. The lowest BCUT2D eigenvalue weighted by molar-refractivity contribution is -0.120. The van der Waals surface area contributed by atoms with Crippen LogP contribution in [0.2, 0.25) is 5.02 Å².